The average Bonchev–Trinajstić information content (AvgIpc) is 2.56. The number of carbonyl (C=O) groups is 2. The summed E-state index contributed by atoms with van der Waals surface area (Å²) in [5, 5.41) is 5.45. The third kappa shape index (κ3) is 5.95. The molecule has 2 aromatic carbocycles. The van der Waals surface area contributed by atoms with Gasteiger partial charge in [0, 0.05) is 15.8 Å². The highest BCUT2D eigenvalue weighted by Crippen LogP contribution is 2.14. The Bertz CT molecular complexity index is 752. The first-order chi connectivity index (χ1) is 11.8. The lowest BCUT2D eigenvalue weighted by molar-refractivity contribution is -0.885. The zero-order valence-electron chi connectivity index (χ0n) is 14.0. The highest BCUT2D eigenvalue weighted by molar-refractivity contribution is 9.10. The molecule has 2 atom stereocenters. The first kappa shape index (κ1) is 19.1. The van der Waals surface area contributed by atoms with E-state index in [1.54, 1.807) is 32.2 Å². The first-order valence-electron chi connectivity index (χ1n) is 7.79. The van der Waals surface area contributed by atoms with E-state index in [-0.39, 0.29) is 18.4 Å². The third-order valence-electron chi connectivity index (χ3n) is 3.79. The Morgan fingerprint density at radius 3 is 2.44 bits per heavy atom. The predicted molar refractivity (Wildman–Crippen MR) is 99.0 cm³/mol. The average molecular weight is 409 g/mol. The van der Waals surface area contributed by atoms with E-state index in [1.807, 2.05) is 12.1 Å². The van der Waals surface area contributed by atoms with Gasteiger partial charge in [-0.3, -0.25) is 9.59 Å². The van der Waals surface area contributed by atoms with Crippen molar-refractivity contribution in [3.8, 4) is 0 Å². The summed E-state index contributed by atoms with van der Waals surface area (Å²) in [6.45, 7) is 1.84. The summed E-state index contributed by atoms with van der Waals surface area (Å²) in [6, 6.07) is 12.5. The van der Waals surface area contributed by atoms with Crippen molar-refractivity contribution in [1.82, 2.24) is 0 Å². The molecule has 2 rings (SSSR count). The number of amides is 2. The molecule has 0 bridgehead atoms. The van der Waals surface area contributed by atoms with Crippen LogP contribution in [0.4, 0.5) is 15.8 Å². The maximum Gasteiger partial charge on any atom is 0.282 e. The molecule has 0 saturated heterocycles. The normalized spacial score (nSPS) is 13.0. The molecular formula is C18H20BrFN3O2+. The summed E-state index contributed by atoms with van der Waals surface area (Å²) < 4.78 is 14.1. The van der Waals surface area contributed by atoms with Gasteiger partial charge < -0.3 is 15.5 Å². The maximum atomic E-state index is 13.1. The molecule has 132 valence electrons. The fourth-order valence-corrected chi connectivity index (χ4v) is 2.45. The van der Waals surface area contributed by atoms with Crippen LogP contribution in [0.15, 0.2) is 53.0 Å². The van der Waals surface area contributed by atoms with Gasteiger partial charge in [0.2, 0.25) is 0 Å². The Morgan fingerprint density at radius 1 is 1.12 bits per heavy atom. The number of benzene rings is 2. The smallest absolute Gasteiger partial charge is 0.282 e. The van der Waals surface area contributed by atoms with Crippen molar-refractivity contribution in [1.29, 1.82) is 0 Å². The van der Waals surface area contributed by atoms with Gasteiger partial charge in [-0.05, 0) is 49.4 Å². The van der Waals surface area contributed by atoms with Crippen molar-refractivity contribution in [2.75, 3.05) is 24.2 Å². The molecule has 5 nitrogen and oxygen atoms in total. The molecule has 0 aliphatic heterocycles. The Morgan fingerprint density at radius 2 is 1.80 bits per heavy atom. The van der Waals surface area contributed by atoms with Crippen LogP contribution in [0, 0.1) is 5.82 Å². The number of rotatable bonds is 6. The van der Waals surface area contributed by atoms with Gasteiger partial charge in [0.05, 0.1) is 7.05 Å². The van der Waals surface area contributed by atoms with Gasteiger partial charge in [-0.1, -0.05) is 22.0 Å². The summed E-state index contributed by atoms with van der Waals surface area (Å²) in [4.78, 5) is 25.1. The van der Waals surface area contributed by atoms with Crippen LogP contribution in [0.3, 0.4) is 0 Å². The molecule has 0 heterocycles. The first-order valence-corrected chi connectivity index (χ1v) is 8.58. The van der Waals surface area contributed by atoms with Gasteiger partial charge >= 0.3 is 0 Å². The van der Waals surface area contributed by atoms with Crippen LogP contribution in [0.25, 0.3) is 0 Å². The SMILES string of the molecule is C[C@@H](C(=O)Nc1ccc(Br)cc1)[NH+](C)CC(=O)Nc1cccc(F)c1. The van der Waals surface area contributed by atoms with Crippen LogP contribution in [0.5, 0.6) is 0 Å². The molecule has 1 unspecified atom stereocenters. The molecule has 2 aromatic rings. The molecule has 0 aliphatic carbocycles. The van der Waals surface area contributed by atoms with Gasteiger partial charge in [-0.15, -0.1) is 0 Å². The quantitative estimate of drug-likeness (QED) is 0.684. The van der Waals surface area contributed by atoms with Gasteiger partial charge in [-0.2, -0.15) is 0 Å². The summed E-state index contributed by atoms with van der Waals surface area (Å²) in [6.07, 6.45) is 0. The van der Waals surface area contributed by atoms with Gasteiger partial charge in [0.15, 0.2) is 12.6 Å². The van der Waals surface area contributed by atoms with Gasteiger partial charge in [0.1, 0.15) is 5.82 Å². The largest absolute Gasteiger partial charge is 0.321 e. The van der Waals surface area contributed by atoms with E-state index < -0.39 is 11.9 Å². The molecule has 0 fully saturated rings. The zero-order chi connectivity index (χ0) is 18.4. The van der Waals surface area contributed by atoms with Crippen molar-refractivity contribution in [2.45, 2.75) is 13.0 Å². The van der Waals surface area contributed by atoms with E-state index in [2.05, 4.69) is 26.6 Å². The van der Waals surface area contributed by atoms with Gasteiger partial charge in [-0.25, -0.2) is 4.39 Å². The van der Waals surface area contributed by atoms with Crippen molar-refractivity contribution in [3.05, 3.63) is 58.8 Å². The van der Waals surface area contributed by atoms with Crippen molar-refractivity contribution >= 4 is 39.1 Å². The zero-order valence-corrected chi connectivity index (χ0v) is 15.6. The second kappa shape index (κ2) is 8.73. The number of anilines is 2. The van der Waals surface area contributed by atoms with Crippen molar-refractivity contribution < 1.29 is 18.9 Å². The highest BCUT2D eigenvalue weighted by Gasteiger charge is 2.24. The number of carbonyl (C=O) groups excluding carboxylic acids is 2. The van der Waals surface area contributed by atoms with Crippen LogP contribution in [-0.4, -0.2) is 31.4 Å². The lowest BCUT2D eigenvalue weighted by Gasteiger charge is -2.20. The van der Waals surface area contributed by atoms with E-state index >= 15 is 0 Å². The fourth-order valence-electron chi connectivity index (χ4n) is 2.19. The second-order valence-corrected chi connectivity index (χ2v) is 6.72. The number of likely N-dealkylation sites (N-methyl/N-ethyl adjacent to an activating group) is 1. The molecule has 0 spiro atoms. The Hall–Kier alpha value is -2.25. The Kier molecular flexibility index (Phi) is 6.66. The molecule has 0 aromatic heterocycles. The maximum absolute atomic E-state index is 13.1. The van der Waals surface area contributed by atoms with Crippen LogP contribution < -0.4 is 15.5 Å². The number of quaternary nitrogens is 1. The van der Waals surface area contributed by atoms with E-state index in [0.717, 1.165) is 9.37 Å². The predicted octanol–water partition coefficient (Wildman–Crippen LogP) is 2.07. The topological polar surface area (TPSA) is 62.6 Å². The van der Waals surface area contributed by atoms with E-state index in [4.69, 9.17) is 0 Å². The van der Waals surface area contributed by atoms with E-state index in [1.165, 1.54) is 18.2 Å². The van der Waals surface area contributed by atoms with Crippen molar-refractivity contribution in [3.63, 3.8) is 0 Å². The minimum absolute atomic E-state index is 0.0887. The monoisotopic (exact) mass is 408 g/mol. The summed E-state index contributed by atoms with van der Waals surface area (Å²) >= 11 is 3.34. The third-order valence-corrected chi connectivity index (χ3v) is 4.32. The Balaban J connectivity index is 1.88. The Labute approximate surface area is 154 Å². The number of hydrogen-bond donors (Lipinski definition) is 3. The molecule has 25 heavy (non-hydrogen) atoms. The summed E-state index contributed by atoms with van der Waals surface area (Å²) in [7, 11) is 1.76. The van der Waals surface area contributed by atoms with Crippen LogP contribution >= 0.6 is 15.9 Å². The van der Waals surface area contributed by atoms with Gasteiger partial charge in [0.25, 0.3) is 11.8 Å². The summed E-state index contributed by atoms with van der Waals surface area (Å²) in [5.74, 6) is -0.884. The minimum Gasteiger partial charge on any atom is -0.321 e. The molecular weight excluding hydrogens is 389 g/mol. The molecule has 2 amide bonds. The van der Waals surface area contributed by atoms with E-state index in [9.17, 15) is 14.0 Å². The van der Waals surface area contributed by atoms with Crippen LogP contribution in [0.1, 0.15) is 6.92 Å². The van der Waals surface area contributed by atoms with Crippen molar-refractivity contribution in [2.24, 2.45) is 0 Å². The summed E-state index contributed by atoms with van der Waals surface area (Å²) in [5.41, 5.74) is 1.09. The standard InChI is InChI=1S/C18H19BrFN3O2/c1-12(18(25)22-15-8-6-13(19)7-9-15)23(2)11-17(24)21-16-5-3-4-14(20)10-16/h3-10,12H,11H2,1-2H3,(H,21,24)(H,22,25)/p+1/t12-/m0/s1. The van der Waals surface area contributed by atoms with Crippen LogP contribution in [-0.2, 0) is 9.59 Å². The molecule has 3 N–H and O–H groups in total. The molecule has 7 heteroatoms. The lowest BCUT2D eigenvalue weighted by Crippen LogP contribution is -3.14. The van der Waals surface area contributed by atoms with Crippen LogP contribution in [0.2, 0.25) is 0 Å². The molecule has 0 aliphatic rings. The highest BCUT2D eigenvalue weighted by atomic mass is 79.9. The molecule has 0 radical (unpaired) electrons. The lowest BCUT2D eigenvalue weighted by atomic mass is 10.2. The number of halogens is 2. The minimum atomic E-state index is -0.429. The number of nitrogens with one attached hydrogen (secondary N) is 3. The second-order valence-electron chi connectivity index (χ2n) is 5.80. The molecule has 0 saturated carbocycles. The number of hydrogen-bond acceptors (Lipinski definition) is 2. The fraction of sp³-hybridized carbons (Fsp3) is 0.222. The van der Waals surface area contributed by atoms with E-state index in [0.29, 0.717) is 11.4 Å².